The molecule has 0 aliphatic rings. The molecule has 1 unspecified atom stereocenters. The van der Waals surface area contributed by atoms with Gasteiger partial charge in [-0.25, -0.2) is 8.78 Å². The molecule has 0 bridgehead atoms. The zero-order valence-corrected chi connectivity index (χ0v) is 9.93. The van der Waals surface area contributed by atoms with E-state index in [2.05, 4.69) is 5.32 Å². The molecule has 1 aromatic rings. The molecule has 0 saturated heterocycles. The van der Waals surface area contributed by atoms with Crippen molar-refractivity contribution in [1.29, 1.82) is 0 Å². The van der Waals surface area contributed by atoms with E-state index in [0.29, 0.717) is 18.7 Å². The third-order valence-electron chi connectivity index (χ3n) is 2.33. The molecular weight excluding hydrogens is 210 g/mol. The van der Waals surface area contributed by atoms with E-state index in [1.165, 1.54) is 12.1 Å². The van der Waals surface area contributed by atoms with E-state index >= 15 is 0 Å². The maximum Gasteiger partial charge on any atom is 0.128 e. The van der Waals surface area contributed by atoms with Crippen LogP contribution in [0.25, 0.3) is 0 Å². The van der Waals surface area contributed by atoms with E-state index in [1.54, 1.807) is 0 Å². The normalized spacial score (nSPS) is 13.1. The highest BCUT2D eigenvalue weighted by atomic mass is 19.1. The van der Waals surface area contributed by atoms with E-state index < -0.39 is 5.82 Å². The molecule has 90 valence electrons. The molecule has 1 N–H and O–H groups in total. The minimum atomic E-state index is -0.405. The first kappa shape index (κ1) is 13.1. The first-order valence-electron chi connectivity index (χ1n) is 5.37. The molecular formula is C12H18F2N2. The molecule has 16 heavy (non-hydrogen) atoms. The highest BCUT2D eigenvalue weighted by Gasteiger charge is 2.16. The maximum absolute atomic E-state index is 13.6. The Bertz CT molecular complexity index is 340. The molecule has 0 radical (unpaired) electrons. The van der Waals surface area contributed by atoms with Gasteiger partial charge < -0.3 is 10.2 Å². The lowest BCUT2D eigenvalue weighted by Crippen LogP contribution is -2.31. The number of likely N-dealkylation sites (N-methyl/N-ethyl adjacent to an activating group) is 2. The molecule has 0 amide bonds. The predicted octanol–water partition coefficient (Wildman–Crippen LogP) is 2.18. The molecule has 0 aromatic heterocycles. The van der Waals surface area contributed by atoms with Gasteiger partial charge in [0.05, 0.1) is 0 Å². The summed E-state index contributed by atoms with van der Waals surface area (Å²) < 4.78 is 26.6. The molecule has 1 atom stereocenters. The zero-order valence-electron chi connectivity index (χ0n) is 9.93. The number of halogens is 2. The first-order chi connectivity index (χ1) is 7.54. The summed E-state index contributed by atoms with van der Waals surface area (Å²) in [5, 5.41) is 3.15. The van der Waals surface area contributed by atoms with E-state index in [9.17, 15) is 8.78 Å². The Morgan fingerprint density at radius 2 is 2.00 bits per heavy atom. The molecule has 2 nitrogen and oxygen atoms in total. The van der Waals surface area contributed by atoms with E-state index in [-0.39, 0.29) is 11.9 Å². The van der Waals surface area contributed by atoms with Crippen LogP contribution in [0.15, 0.2) is 18.2 Å². The highest BCUT2D eigenvalue weighted by Crippen LogP contribution is 2.18. The van der Waals surface area contributed by atoms with Gasteiger partial charge in [-0.3, -0.25) is 0 Å². The van der Waals surface area contributed by atoms with Gasteiger partial charge in [-0.05, 0) is 38.8 Å². The minimum Gasteiger partial charge on any atom is -0.309 e. The van der Waals surface area contributed by atoms with E-state index in [4.69, 9.17) is 0 Å². The lowest BCUT2D eigenvalue weighted by molar-refractivity contribution is 0.339. The second-order valence-corrected chi connectivity index (χ2v) is 4.04. The van der Waals surface area contributed by atoms with Crippen molar-refractivity contribution >= 4 is 0 Å². The zero-order chi connectivity index (χ0) is 12.1. The van der Waals surface area contributed by atoms with Gasteiger partial charge in [0, 0.05) is 18.2 Å². The number of rotatable bonds is 5. The summed E-state index contributed by atoms with van der Waals surface area (Å²) in [6.45, 7) is 3.29. The van der Waals surface area contributed by atoms with Gasteiger partial charge in [0.25, 0.3) is 0 Å². The maximum atomic E-state index is 13.6. The van der Waals surface area contributed by atoms with Crippen molar-refractivity contribution in [3.8, 4) is 0 Å². The SMILES string of the molecule is CCNC(CN(C)C)c1cc(F)ccc1F. The van der Waals surface area contributed by atoms with Gasteiger partial charge in [0.15, 0.2) is 0 Å². The molecule has 4 heteroatoms. The Labute approximate surface area is 95.3 Å². The van der Waals surface area contributed by atoms with Crippen LogP contribution in [0.5, 0.6) is 0 Å². The summed E-state index contributed by atoms with van der Waals surface area (Å²) in [5.41, 5.74) is 0.385. The van der Waals surface area contributed by atoms with Crippen molar-refractivity contribution in [3.05, 3.63) is 35.4 Å². The van der Waals surface area contributed by atoms with Crippen molar-refractivity contribution in [2.24, 2.45) is 0 Å². The molecule has 0 saturated carbocycles. The molecule has 1 aromatic carbocycles. The smallest absolute Gasteiger partial charge is 0.128 e. The largest absolute Gasteiger partial charge is 0.309 e. The van der Waals surface area contributed by atoms with Crippen LogP contribution in [0.1, 0.15) is 18.5 Å². The van der Waals surface area contributed by atoms with Crippen molar-refractivity contribution in [2.75, 3.05) is 27.2 Å². The van der Waals surface area contributed by atoms with Gasteiger partial charge in [0.2, 0.25) is 0 Å². The summed E-state index contributed by atoms with van der Waals surface area (Å²) in [6, 6.07) is 3.38. The van der Waals surface area contributed by atoms with Crippen LogP contribution in [-0.4, -0.2) is 32.1 Å². The summed E-state index contributed by atoms with van der Waals surface area (Å²) in [6.07, 6.45) is 0. The third kappa shape index (κ3) is 3.54. The van der Waals surface area contributed by atoms with Crippen molar-refractivity contribution in [3.63, 3.8) is 0 Å². The lowest BCUT2D eigenvalue weighted by Gasteiger charge is -2.22. The fourth-order valence-corrected chi connectivity index (χ4v) is 1.67. The van der Waals surface area contributed by atoms with Gasteiger partial charge in [-0.15, -0.1) is 0 Å². The third-order valence-corrected chi connectivity index (χ3v) is 2.33. The summed E-state index contributed by atoms with van der Waals surface area (Å²) >= 11 is 0. The second-order valence-electron chi connectivity index (χ2n) is 4.04. The summed E-state index contributed by atoms with van der Waals surface area (Å²) in [4.78, 5) is 1.94. The Balaban J connectivity index is 2.94. The average molecular weight is 228 g/mol. The predicted molar refractivity (Wildman–Crippen MR) is 61.3 cm³/mol. The molecule has 0 aliphatic heterocycles. The second kappa shape index (κ2) is 5.92. The molecule has 0 aliphatic carbocycles. The molecule has 0 heterocycles. The quantitative estimate of drug-likeness (QED) is 0.831. The van der Waals surface area contributed by atoms with Crippen LogP contribution in [0.2, 0.25) is 0 Å². The summed E-state index contributed by atoms with van der Waals surface area (Å²) in [7, 11) is 3.81. The van der Waals surface area contributed by atoms with Crippen LogP contribution in [0.3, 0.4) is 0 Å². The van der Waals surface area contributed by atoms with Crippen LogP contribution >= 0.6 is 0 Å². The van der Waals surface area contributed by atoms with Crippen molar-refractivity contribution in [1.82, 2.24) is 10.2 Å². The number of nitrogens with one attached hydrogen (secondary N) is 1. The lowest BCUT2D eigenvalue weighted by atomic mass is 10.1. The van der Waals surface area contributed by atoms with Crippen LogP contribution < -0.4 is 5.32 Å². The van der Waals surface area contributed by atoms with Gasteiger partial charge >= 0.3 is 0 Å². The molecule has 1 rings (SSSR count). The van der Waals surface area contributed by atoms with Crippen LogP contribution in [0.4, 0.5) is 8.78 Å². The van der Waals surface area contributed by atoms with E-state index in [1.807, 2.05) is 25.9 Å². The van der Waals surface area contributed by atoms with Crippen LogP contribution in [-0.2, 0) is 0 Å². The number of hydrogen-bond acceptors (Lipinski definition) is 2. The fourth-order valence-electron chi connectivity index (χ4n) is 1.67. The first-order valence-corrected chi connectivity index (χ1v) is 5.37. The van der Waals surface area contributed by atoms with Crippen molar-refractivity contribution < 1.29 is 8.78 Å². The van der Waals surface area contributed by atoms with Crippen molar-refractivity contribution in [2.45, 2.75) is 13.0 Å². The Hall–Kier alpha value is -1.00. The van der Waals surface area contributed by atoms with Gasteiger partial charge in [0.1, 0.15) is 11.6 Å². The number of nitrogens with zero attached hydrogens (tertiary/aromatic N) is 1. The molecule has 0 fully saturated rings. The topological polar surface area (TPSA) is 15.3 Å². The van der Waals surface area contributed by atoms with Gasteiger partial charge in [-0.2, -0.15) is 0 Å². The van der Waals surface area contributed by atoms with Crippen LogP contribution in [0, 0.1) is 11.6 Å². The number of benzene rings is 1. The standard InChI is InChI=1S/C12H18F2N2/c1-4-15-12(8-16(2)3)10-7-9(13)5-6-11(10)14/h5-7,12,15H,4,8H2,1-3H3. The van der Waals surface area contributed by atoms with Gasteiger partial charge in [-0.1, -0.05) is 6.92 Å². The monoisotopic (exact) mass is 228 g/mol. The number of hydrogen-bond donors (Lipinski definition) is 1. The Morgan fingerprint density at radius 1 is 1.31 bits per heavy atom. The summed E-state index contributed by atoms with van der Waals surface area (Å²) in [5.74, 6) is -0.771. The molecule has 0 spiro atoms. The minimum absolute atomic E-state index is 0.185. The van der Waals surface area contributed by atoms with E-state index in [0.717, 1.165) is 6.07 Å². The average Bonchev–Trinajstić information content (AvgIpc) is 2.20. The Kier molecular flexibility index (Phi) is 4.83. The highest BCUT2D eigenvalue weighted by molar-refractivity contribution is 5.22. The Morgan fingerprint density at radius 3 is 2.56 bits per heavy atom. The fraction of sp³-hybridized carbons (Fsp3) is 0.500.